The van der Waals surface area contributed by atoms with Gasteiger partial charge in [-0.1, -0.05) is 20.8 Å². The van der Waals surface area contributed by atoms with E-state index in [2.05, 4.69) is 0 Å². The Morgan fingerprint density at radius 2 is 1.70 bits per heavy atom. The molecule has 276 valence electrons. The molecule has 1 unspecified atom stereocenters. The molecule has 0 aromatic carbocycles. The average molecular weight is 679 g/mol. The van der Waals surface area contributed by atoms with Crippen molar-refractivity contribution in [3.63, 3.8) is 0 Å². The largest absolute Gasteiger partial charge is 0.481 e. The number of cyclic esters (lactones) is 1. The third-order valence-corrected chi connectivity index (χ3v) is 10.4. The zero-order chi connectivity index (χ0) is 36.2. The van der Waals surface area contributed by atoms with Crippen LogP contribution in [-0.2, 0) is 23.8 Å². The Kier molecular flexibility index (Phi) is 15.1. The van der Waals surface area contributed by atoms with E-state index in [1.54, 1.807) is 48.7 Å². The van der Waals surface area contributed by atoms with Gasteiger partial charge in [0.1, 0.15) is 30.1 Å². The standard InChI is InChI=1S/C33H62N2O12/c1-11-23-33(8,44)28(41)21(6)34(9)16-17(2)15-32(7,43)29(19(4)26(39)20(5)30(42)46-23)47-31-27(40)22(14-18(3)45-31)35(10)24(36)12-13-25(37)38/h17-24,26-29,31,36,39-41,43-44H,11-16H2,1-10H3,(H,37,38)/t17-,18-,19+,20-,21-,22+,23-,24?,26+,27-,28-,29-,31+,32-,33-/m1/s1. The summed E-state index contributed by atoms with van der Waals surface area (Å²) in [5.74, 6) is -4.08. The third kappa shape index (κ3) is 10.3. The highest BCUT2D eigenvalue weighted by Crippen LogP contribution is 2.37. The van der Waals surface area contributed by atoms with Gasteiger partial charge in [0.05, 0.1) is 29.8 Å². The molecule has 2 aliphatic rings. The summed E-state index contributed by atoms with van der Waals surface area (Å²) < 4.78 is 18.1. The van der Waals surface area contributed by atoms with Crippen LogP contribution in [0.5, 0.6) is 0 Å². The lowest BCUT2D eigenvalue weighted by molar-refractivity contribution is -0.303. The monoisotopic (exact) mass is 678 g/mol. The highest BCUT2D eigenvalue weighted by Gasteiger charge is 2.50. The van der Waals surface area contributed by atoms with Gasteiger partial charge >= 0.3 is 11.9 Å². The van der Waals surface area contributed by atoms with Crippen molar-refractivity contribution in [3.8, 4) is 0 Å². The quantitative estimate of drug-likeness (QED) is 0.138. The number of carbonyl (C=O) groups is 2. The van der Waals surface area contributed by atoms with Crippen LogP contribution in [0.2, 0.25) is 0 Å². The summed E-state index contributed by atoms with van der Waals surface area (Å²) in [7, 11) is 3.37. The second-order valence-corrected chi connectivity index (χ2v) is 14.7. The maximum Gasteiger partial charge on any atom is 0.311 e. The minimum atomic E-state index is -1.80. The maximum atomic E-state index is 13.4. The number of carbonyl (C=O) groups excluding carboxylic acids is 1. The average Bonchev–Trinajstić information content (AvgIpc) is 2.98. The highest BCUT2D eigenvalue weighted by molar-refractivity contribution is 5.73. The van der Waals surface area contributed by atoms with Gasteiger partial charge in [-0.05, 0) is 80.3 Å². The molecule has 0 amide bonds. The lowest BCUT2D eigenvalue weighted by atomic mass is 9.78. The van der Waals surface area contributed by atoms with Gasteiger partial charge < -0.3 is 54.9 Å². The Morgan fingerprint density at radius 1 is 1.11 bits per heavy atom. The fourth-order valence-electron chi connectivity index (χ4n) is 7.31. The number of esters is 1. The van der Waals surface area contributed by atoms with E-state index in [9.17, 15) is 40.2 Å². The molecule has 15 atom stereocenters. The number of rotatable bonds is 8. The zero-order valence-corrected chi connectivity index (χ0v) is 29.8. The smallest absolute Gasteiger partial charge is 0.311 e. The number of hydrogen-bond acceptors (Lipinski definition) is 13. The lowest BCUT2D eigenvalue weighted by Crippen LogP contribution is -2.60. The molecular weight excluding hydrogens is 616 g/mol. The van der Waals surface area contributed by atoms with Crippen molar-refractivity contribution in [1.29, 1.82) is 0 Å². The van der Waals surface area contributed by atoms with E-state index in [0.29, 0.717) is 13.0 Å². The molecule has 14 heteroatoms. The van der Waals surface area contributed by atoms with Crippen LogP contribution in [0.3, 0.4) is 0 Å². The first-order chi connectivity index (χ1) is 21.6. The molecule has 0 bridgehead atoms. The predicted octanol–water partition coefficient (Wildman–Crippen LogP) is 0.529. The van der Waals surface area contributed by atoms with Gasteiger partial charge in [0, 0.05) is 31.0 Å². The molecule has 0 spiro atoms. The molecule has 47 heavy (non-hydrogen) atoms. The Balaban J connectivity index is 2.49. The summed E-state index contributed by atoms with van der Waals surface area (Å²) in [5.41, 5.74) is -3.43. The second kappa shape index (κ2) is 17.0. The van der Waals surface area contributed by atoms with E-state index in [1.165, 1.54) is 18.7 Å². The molecule has 2 saturated heterocycles. The van der Waals surface area contributed by atoms with Crippen molar-refractivity contribution < 1.29 is 59.5 Å². The summed E-state index contributed by atoms with van der Waals surface area (Å²) in [6.07, 6.45) is -8.83. The number of likely N-dealkylation sites (N-methyl/N-ethyl adjacent to an activating group) is 2. The van der Waals surface area contributed by atoms with Gasteiger partial charge in [0.15, 0.2) is 6.29 Å². The van der Waals surface area contributed by atoms with Crippen LogP contribution in [0.15, 0.2) is 0 Å². The molecule has 2 fully saturated rings. The van der Waals surface area contributed by atoms with Crippen LogP contribution in [-0.4, -0.2) is 151 Å². The maximum absolute atomic E-state index is 13.4. The van der Waals surface area contributed by atoms with Gasteiger partial charge in [0.2, 0.25) is 0 Å². The molecule has 0 aromatic rings. The number of nitrogens with zero attached hydrogens (tertiary/aromatic N) is 2. The van der Waals surface area contributed by atoms with Gasteiger partial charge in [-0.25, -0.2) is 0 Å². The molecule has 14 nitrogen and oxygen atoms in total. The topological polar surface area (TPSA) is 210 Å². The number of carboxylic acid groups (broad SMARTS) is 1. The van der Waals surface area contributed by atoms with E-state index in [1.807, 2.05) is 11.8 Å². The summed E-state index contributed by atoms with van der Waals surface area (Å²) in [5, 5.41) is 77.3. The summed E-state index contributed by atoms with van der Waals surface area (Å²) in [6.45, 7) is 13.7. The van der Waals surface area contributed by atoms with Gasteiger partial charge in [-0.3, -0.25) is 14.5 Å². The normalized spacial score (nSPS) is 44.3. The van der Waals surface area contributed by atoms with Gasteiger partial charge in [0.25, 0.3) is 0 Å². The fraction of sp³-hybridized carbons (Fsp3) is 0.939. The number of aliphatic hydroxyl groups excluding tert-OH is 4. The van der Waals surface area contributed by atoms with Gasteiger partial charge in [-0.15, -0.1) is 0 Å². The van der Waals surface area contributed by atoms with E-state index in [0.717, 1.165) is 0 Å². The van der Waals surface area contributed by atoms with E-state index < -0.39 is 96.2 Å². The van der Waals surface area contributed by atoms with Crippen molar-refractivity contribution >= 4 is 11.9 Å². The third-order valence-electron chi connectivity index (χ3n) is 10.4. The van der Waals surface area contributed by atoms with Crippen molar-refractivity contribution in [1.82, 2.24) is 9.80 Å². The minimum absolute atomic E-state index is 0.0549. The number of ether oxygens (including phenoxy) is 3. The van der Waals surface area contributed by atoms with Crippen LogP contribution in [0, 0.1) is 17.8 Å². The first kappa shape index (κ1) is 41.7. The number of aliphatic carboxylic acids is 1. The fourth-order valence-corrected chi connectivity index (χ4v) is 7.31. The number of carboxylic acids is 1. The van der Waals surface area contributed by atoms with Crippen molar-refractivity contribution in [2.75, 3.05) is 20.6 Å². The first-order valence-corrected chi connectivity index (χ1v) is 16.9. The summed E-state index contributed by atoms with van der Waals surface area (Å²) >= 11 is 0. The Hall–Kier alpha value is -1.46. The number of hydrogen-bond donors (Lipinski definition) is 7. The van der Waals surface area contributed by atoms with E-state index in [4.69, 9.17) is 19.3 Å². The molecule has 2 aliphatic heterocycles. The van der Waals surface area contributed by atoms with Crippen LogP contribution >= 0.6 is 0 Å². The summed E-state index contributed by atoms with van der Waals surface area (Å²) in [4.78, 5) is 27.8. The molecule has 2 rings (SSSR count). The molecule has 0 saturated carbocycles. The lowest BCUT2D eigenvalue weighted by Gasteiger charge is -2.47. The molecule has 0 radical (unpaired) electrons. The Labute approximate surface area is 279 Å². The Morgan fingerprint density at radius 3 is 2.26 bits per heavy atom. The minimum Gasteiger partial charge on any atom is -0.481 e. The predicted molar refractivity (Wildman–Crippen MR) is 172 cm³/mol. The SMILES string of the molecule is CC[C@H]1OC(=O)[C@H](C)[C@@H](O)[C@H](C)[C@@H](O[C@@H]2O[C@H](C)C[C@H](N(C)C(O)CCC(=O)O)[C@H]2O)[C@](C)(O)C[C@@H](C)CN(C)[C@H](C)[C@@H](O)[C@]1(C)O. The highest BCUT2D eigenvalue weighted by atomic mass is 16.7. The molecule has 0 aromatic heterocycles. The van der Waals surface area contributed by atoms with Crippen molar-refractivity contribution in [2.24, 2.45) is 17.8 Å². The van der Waals surface area contributed by atoms with Crippen LogP contribution < -0.4 is 0 Å². The Bertz CT molecular complexity index is 1010. The van der Waals surface area contributed by atoms with Crippen molar-refractivity contribution in [2.45, 2.75) is 160 Å². The first-order valence-electron chi connectivity index (χ1n) is 16.9. The van der Waals surface area contributed by atoms with Crippen molar-refractivity contribution in [3.05, 3.63) is 0 Å². The number of aliphatic hydroxyl groups is 6. The van der Waals surface area contributed by atoms with Crippen LogP contribution in [0.25, 0.3) is 0 Å². The molecular formula is C33H62N2O12. The van der Waals surface area contributed by atoms with E-state index >= 15 is 0 Å². The second-order valence-electron chi connectivity index (χ2n) is 14.7. The van der Waals surface area contributed by atoms with Crippen LogP contribution in [0.1, 0.15) is 87.5 Å². The molecule has 0 aliphatic carbocycles. The van der Waals surface area contributed by atoms with E-state index in [-0.39, 0.29) is 31.6 Å². The zero-order valence-electron chi connectivity index (χ0n) is 29.8. The van der Waals surface area contributed by atoms with Crippen LogP contribution in [0.4, 0.5) is 0 Å². The molecule has 7 N–H and O–H groups in total. The van der Waals surface area contributed by atoms with Gasteiger partial charge in [-0.2, -0.15) is 0 Å². The summed E-state index contributed by atoms with van der Waals surface area (Å²) in [6, 6.07) is -1.25. The molecule has 2 heterocycles.